The van der Waals surface area contributed by atoms with E-state index in [0.29, 0.717) is 12.3 Å². The molecule has 0 bridgehead atoms. The number of carbonyl (C=O) groups excluding carboxylic acids is 1. The zero-order chi connectivity index (χ0) is 16.7. The van der Waals surface area contributed by atoms with Gasteiger partial charge in [-0.05, 0) is 42.9 Å². The van der Waals surface area contributed by atoms with E-state index < -0.39 is 0 Å². The van der Waals surface area contributed by atoms with Crippen molar-refractivity contribution in [1.29, 1.82) is 0 Å². The Balaban J connectivity index is 1.86. The highest BCUT2D eigenvalue weighted by Gasteiger charge is 2.27. The second kappa shape index (κ2) is 6.30. The van der Waals surface area contributed by atoms with Crippen molar-refractivity contribution in [2.45, 2.75) is 39.5 Å². The molecule has 4 rings (SSSR count). The molecule has 1 atom stereocenters. The largest absolute Gasteiger partial charge is 0.317 e. The molecular weight excluding hydrogens is 336 g/mol. The molecule has 2 aromatic heterocycles. The summed E-state index contributed by atoms with van der Waals surface area (Å²) >= 11 is 3.47. The Labute approximate surface area is 149 Å². The van der Waals surface area contributed by atoms with Crippen LogP contribution in [-0.4, -0.2) is 10.9 Å². The van der Waals surface area contributed by atoms with Gasteiger partial charge < -0.3 is 5.32 Å². The summed E-state index contributed by atoms with van der Waals surface area (Å²) in [5, 5.41) is 5.14. The number of anilines is 1. The molecule has 0 spiro atoms. The summed E-state index contributed by atoms with van der Waals surface area (Å²) in [6.07, 6.45) is 3.90. The monoisotopic (exact) mass is 356 g/mol. The van der Waals surface area contributed by atoms with Crippen molar-refractivity contribution in [2.24, 2.45) is 5.92 Å². The number of nitrogens with zero attached hydrogens (tertiary/aromatic N) is 1. The van der Waals surface area contributed by atoms with Crippen LogP contribution in [0.15, 0.2) is 24.3 Å². The molecular formula is C19H20N2OS2. The SMILES string of the molecule is CCC(=O)Nc1sc2c(c1-c1nc3ccccc3s1)CCC(C)C2. The quantitative estimate of drug-likeness (QED) is 0.673. The average Bonchev–Trinajstić information content (AvgIpc) is 3.14. The van der Waals surface area contributed by atoms with Gasteiger partial charge in [-0.15, -0.1) is 22.7 Å². The number of amides is 1. The number of hydrogen-bond donors (Lipinski definition) is 1. The smallest absolute Gasteiger partial charge is 0.224 e. The van der Waals surface area contributed by atoms with Crippen LogP contribution in [0.3, 0.4) is 0 Å². The van der Waals surface area contributed by atoms with Crippen molar-refractivity contribution < 1.29 is 4.79 Å². The summed E-state index contributed by atoms with van der Waals surface area (Å²) in [6.45, 7) is 4.20. The molecule has 1 aliphatic carbocycles. The first-order valence-corrected chi connectivity index (χ1v) is 10.1. The van der Waals surface area contributed by atoms with Crippen molar-refractivity contribution in [1.82, 2.24) is 4.98 Å². The van der Waals surface area contributed by atoms with Gasteiger partial charge in [-0.2, -0.15) is 0 Å². The summed E-state index contributed by atoms with van der Waals surface area (Å²) in [4.78, 5) is 18.3. The number of thiazole rings is 1. The van der Waals surface area contributed by atoms with Crippen LogP contribution < -0.4 is 5.32 Å². The first-order valence-electron chi connectivity index (χ1n) is 8.46. The third-order valence-corrected chi connectivity index (χ3v) is 6.82. The summed E-state index contributed by atoms with van der Waals surface area (Å²) in [5.41, 5.74) is 3.61. The number of carbonyl (C=O) groups is 1. The maximum absolute atomic E-state index is 12.0. The topological polar surface area (TPSA) is 42.0 Å². The lowest BCUT2D eigenvalue weighted by Gasteiger charge is -2.18. The number of hydrogen-bond acceptors (Lipinski definition) is 4. The third kappa shape index (κ3) is 2.76. The Kier molecular flexibility index (Phi) is 4.14. The molecule has 1 aliphatic rings. The molecule has 1 aromatic carbocycles. The van der Waals surface area contributed by atoms with E-state index in [1.807, 2.05) is 13.0 Å². The molecule has 0 fully saturated rings. The number of aromatic nitrogens is 1. The molecule has 0 radical (unpaired) electrons. The molecule has 2 heterocycles. The molecule has 0 saturated heterocycles. The van der Waals surface area contributed by atoms with Gasteiger partial charge in [0.15, 0.2) is 0 Å². The van der Waals surface area contributed by atoms with Crippen molar-refractivity contribution in [3.63, 3.8) is 0 Å². The minimum absolute atomic E-state index is 0.0732. The minimum atomic E-state index is 0.0732. The summed E-state index contributed by atoms with van der Waals surface area (Å²) in [7, 11) is 0. The number of para-hydroxylation sites is 1. The lowest BCUT2D eigenvalue weighted by molar-refractivity contribution is -0.115. The second-order valence-electron chi connectivity index (χ2n) is 6.44. The highest BCUT2D eigenvalue weighted by molar-refractivity contribution is 7.22. The van der Waals surface area contributed by atoms with Crippen molar-refractivity contribution >= 4 is 43.8 Å². The molecule has 3 nitrogen and oxygen atoms in total. The summed E-state index contributed by atoms with van der Waals surface area (Å²) in [6, 6.07) is 8.24. The van der Waals surface area contributed by atoms with Gasteiger partial charge in [0.25, 0.3) is 0 Å². The van der Waals surface area contributed by atoms with Gasteiger partial charge in [0.05, 0.1) is 10.2 Å². The molecule has 24 heavy (non-hydrogen) atoms. The lowest BCUT2D eigenvalue weighted by atomic mass is 9.88. The van der Waals surface area contributed by atoms with E-state index in [2.05, 4.69) is 30.4 Å². The Morgan fingerprint density at radius 1 is 1.33 bits per heavy atom. The van der Waals surface area contributed by atoms with Crippen molar-refractivity contribution in [2.75, 3.05) is 5.32 Å². The maximum Gasteiger partial charge on any atom is 0.224 e. The Hall–Kier alpha value is -1.72. The highest BCUT2D eigenvalue weighted by atomic mass is 32.1. The van der Waals surface area contributed by atoms with Gasteiger partial charge in [-0.25, -0.2) is 4.98 Å². The molecule has 1 N–H and O–H groups in total. The van der Waals surface area contributed by atoms with E-state index in [9.17, 15) is 4.79 Å². The van der Waals surface area contributed by atoms with Crippen LogP contribution in [0.1, 0.15) is 37.1 Å². The fourth-order valence-electron chi connectivity index (χ4n) is 3.26. The zero-order valence-electron chi connectivity index (χ0n) is 13.9. The predicted molar refractivity (Wildman–Crippen MR) is 103 cm³/mol. The first-order chi connectivity index (χ1) is 11.7. The molecule has 0 saturated carbocycles. The Morgan fingerprint density at radius 2 is 2.17 bits per heavy atom. The average molecular weight is 357 g/mol. The maximum atomic E-state index is 12.0. The number of rotatable bonds is 3. The number of thiophene rings is 1. The van der Waals surface area contributed by atoms with E-state index in [4.69, 9.17) is 4.98 Å². The summed E-state index contributed by atoms with van der Waals surface area (Å²) < 4.78 is 1.20. The van der Waals surface area contributed by atoms with E-state index in [1.54, 1.807) is 22.7 Å². The third-order valence-electron chi connectivity index (χ3n) is 4.59. The van der Waals surface area contributed by atoms with E-state index in [0.717, 1.165) is 28.4 Å². The molecule has 124 valence electrons. The van der Waals surface area contributed by atoms with E-state index in [1.165, 1.54) is 27.1 Å². The molecule has 5 heteroatoms. The van der Waals surface area contributed by atoms with Gasteiger partial charge in [0, 0.05) is 16.9 Å². The predicted octanol–water partition coefficient (Wildman–Crippen LogP) is 5.50. The second-order valence-corrected chi connectivity index (χ2v) is 8.58. The van der Waals surface area contributed by atoms with Crippen molar-refractivity contribution in [3.05, 3.63) is 34.7 Å². The Bertz CT molecular complexity index is 876. The highest BCUT2D eigenvalue weighted by Crippen LogP contribution is 2.47. The van der Waals surface area contributed by atoms with Gasteiger partial charge in [0.1, 0.15) is 10.0 Å². The van der Waals surface area contributed by atoms with Crippen LogP contribution in [-0.2, 0) is 17.6 Å². The van der Waals surface area contributed by atoms with Gasteiger partial charge in [-0.3, -0.25) is 4.79 Å². The lowest BCUT2D eigenvalue weighted by Crippen LogP contribution is -2.10. The summed E-state index contributed by atoms with van der Waals surface area (Å²) in [5.74, 6) is 0.790. The molecule has 3 aromatic rings. The van der Waals surface area contributed by atoms with Gasteiger partial charge in [-0.1, -0.05) is 26.0 Å². The van der Waals surface area contributed by atoms with Crippen molar-refractivity contribution in [3.8, 4) is 10.6 Å². The van der Waals surface area contributed by atoms with Crippen LogP contribution in [0.4, 0.5) is 5.00 Å². The number of fused-ring (bicyclic) bond motifs is 2. The fraction of sp³-hybridized carbons (Fsp3) is 0.368. The zero-order valence-corrected chi connectivity index (χ0v) is 15.5. The van der Waals surface area contributed by atoms with Crippen LogP contribution >= 0.6 is 22.7 Å². The van der Waals surface area contributed by atoms with Crippen LogP contribution in [0.25, 0.3) is 20.8 Å². The molecule has 1 amide bonds. The minimum Gasteiger partial charge on any atom is -0.317 e. The van der Waals surface area contributed by atoms with Crippen LogP contribution in [0.2, 0.25) is 0 Å². The Morgan fingerprint density at radius 3 is 2.96 bits per heavy atom. The standard InChI is InChI=1S/C19H20N2OS2/c1-3-16(22)21-19-17(12-9-8-11(2)10-15(12)24-19)18-20-13-6-4-5-7-14(13)23-18/h4-7,11H,3,8-10H2,1-2H3,(H,21,22). The van der Waals surface area contributed by atoms with E-state index in [-0.39, 0.29) is 5.91 Å². The van der Waals surface area contributed by atoms with Gasteiger partial charge >= 0.3 is 0 Å². The fourth-order valence-corrected chi connectivity index (χ4v) is 5.80. The van der Waals surface area contributed by atoms with Gasteiger partial charge in [0.2, 0.25) is 5.91 Å². The normalized spacial score (nSPS) is 17.0. The van der Waals surface area contributed by atoms with E-state index >= 15 is 0 Å². The first kappa shape index (κ1) is 15.8. The molecule has 0 aliphatic heterocycles. The molecule has 1 unspecified atom stereocenters. The van der Waals surface area contributed by atoms with Crippen LogP contribution in [0, 0.1) is 5.92 Å². The van der Waals surface area contributed by atoms with Crippen LogP contribution in [0.5, 0.6) is 0 Å². The number of nitrogens with one attached hydrogen (secondary N) is 1. The number of benzene rings is 1.